The molecule has 0 fully saturated rings. The molecule has 13 heavy (non-hydrogen) atoms. The fraction of sp³-hybridized carbons (Fsp3) is 0.889. The number of nitrogens with two attached hydrogens (primary N) is 1. The Balaban J connectivity index is 3.94. The van der Waals surface area contributed by atoms with Gasteiger partial charge in [0.25, 0.3) is 0 Å². The number of hydrogen-bond acceptors (Lipinski definition) is 3. The van der Waals surface area contributed by atoms with Gasteiger partial charge < -0.3 is 15.8 Å². The first-order valence-electron chi connectivity index (χ1n) is 4.61. The first-order chi connectivity index (χ1) is 5.94. The molecular formula is C9H21N3O. The molecule has 0 aliphatic rings. The van der Waals surface area contributed by atoms with Crippen molar-refractivity contribution in [2.45, 2.75) is 39.2 Å². The number of amidine groups is 1. The number of rotatable bonds is 5. The van der Waals surface area contributed by atoms with Gasteiger partial charge in [-0.2, -0.15) is 0 Å². The van der Waals surface area contributed by atoms with E-state index < -0.39 is 0 Å². The molecule has 4 nitrogen and oxygen atoms in total. The monoisotopic (exact) mass is 187 g/mol. The number of oxime groups is 1. The summed E-state index contributed by atoms with van der Waals surface area (Å²) in [5.74, 6) is 0.291. The standard InChI is InChI=1S/C9H21N3O/c1-5-9(2,3)12(4)7-6-8(10)11-13/h13H,5-7H2,1-4H3,(H2,10,11). The molecule has 0 heterocycles. The van der Waals surface area contributed by atoms with E-state index in [9.17, 15) is 0 Å². The fourth-order valence-electron chi connectivity index (χ4n) is 0.905. The van der Waals surface area contributed by atoms with Crippen molar-refractivity contribution in [1.82, 2.24) is 4.90 Å². The Morgan fingerprint density at radius 2 is 2.08 bits per heavy atom. The molecule has 78 valence electrons. The highest BCUT2D eigenvalue weighted by Crippen LogP contribution is 2.15. The van der Waals surface area contributed by atoms with Gasteiger partial charge in [-0.3, -0.25) is 0 Å². The molecule has 4 heteroatoms. The Hall–Kier alpha value is -0.770. The van der Waals surface area contributed by atoms with Crippen LogP contribution >= 0.6 is 0 Å². The minimum absolute atomic E-state index is 0.176. The maximum absolute atomic E-state index is 8.35. The molecular weight excluding hydrogens is 166 g/mol. The lowest BCUT2D eigenvalue weighted by atomic mass is 10.00. The molecule has 0 aromatic carbocycles. The summed E-state index contributed by atoms with van der Waals surface area (Å²) in [6, 6.07) is 0. The zero-order valence-corrected chi connectivity index (χ0v) is 9.04. The van der Waals surface area contributed by atoms with Crippen LogP contribution in [0.25, 0.3) is 0 Å². The van der Waals surface area contributed by atoms with Gasteiger partial charge in [0.2, 0.25) is 0 Å². The summed E-state index contributed by atoms with van der Waals surface area (Å²) in [7, 11) is 2.05. The molecule has 0 saturated carbocycles. The predicted molar refractivity (Wildman–Crippen MR) is 55.0 cm³/mol. The fourth-order valence-corrected chi connectivity index (χ4v) is 0.905. The van der Waals surface area contributed by atoms with Gasteiger partial charge in [-0.1, -0.05) is 12.1 Å². The minimum Gasteiger partial charge on any atom is -0.409 e. The van der Waals surface area contributed by atoms with Crippen molar-refractivity contribution < 1.29 is 5.21 Å². The highest BCUT2D eigenvalue weighted by molar-refractivity contribution is 5.79. The lowest BCUT2D eigenvalue weighted by molar-refractivity contribution is 0.155. The first-order valence-corrected chi connectivity index (χ1v) is 4.61. The van der Waals surface area contributed by atoms with Crippen LogP contribution in [0.1, 0.15) is 33.6 Å². The summed E-state index contributed by atoms with van der Waals surface area (Å²) in [5.41, 5.74) is 5.56. The summed E-state index contributed by atoms with van der Waals surface area (Å²) in [6.45, 7) is 7.33. The second-order valence-electron chi connectivity index (χ2n) is 3.93. The molecule has 0 unspecified atom stereocenters. The second-order valence-corrected chi connectivity index (χ2v) is 3.93. The summed E-state index contributed by atoms with van der Waals surface area (Å²) in [6.07, 6.45) is 1.69. The maximum atomic E-state index is 8.35. The Morgan fingerprint density at radius 3 is 2.46 bits per heavy atom. The van der Waals surface area contributed by atoms with Crippen LogP contribution in [0.2, 0.25) is 0 Å². The van der Waals surface area contributed by atoms with Gasteiger partial charge >= 0.3 is 0 Å². The van der Waals surface area contributed by atoms with Crippen LogP contribution in [0.15, 0.2) is 5.16 Å². The van der Waals surface area contributed by atoms with Gasteiger partial charge in [-0.15, -0.1) is 0 Å². The quantitative estimate of drug-likeness (QED) is 0.295. The zero-order valence-electron chi connectivity index (χ0n) is 9.04. The largest absolute Gasteiger partial charge is 0.409 e. The van der Waals surface area contributed by atoms with E-state index in [1.807, 2.05) is 7.05 Å². The molecule has 0 aromatic heterocycles. The molecule has 0 radical (unpaired) electrons. The molecule has 0 atom stereocenters. The van der Waals surface area contributed by atoms with Crippen LogP contribution in [0, 0.1) is 0 Å². The summed E-state index contributed by atoms with van der Waals surface area (Å²) >= 11 is 0. The van der Waals surface area contributed by atoms with Gasteiger partial charge in [0.15, 0.2) is 0 Å². The molecule has 0 rings (SSSR count). The maximum Gasteiger partial charge on any atom is 0.140 e. The third-order valence-electron chi connectivity index (χ3n) is 2.73. The minimum atomic E-state index is 0.176. The lowest BCUT2D eigenvalue weighted by Gasteiger charge is -2.34. The Labute approximate surface area is 80.4 Å². The SMILES string of the molecule is CCC(C)(C)N(C)CCC(N)=NO. The topological polar surface area (TPSA) is 61.8 Å². The van der Waals surface area contributed by atoms with Crippen LogP contribution in [0.4, 0.5) is 0 Å². The van der Waals surface area contributed by atoms with Crippen molar-refractivity contribution in [3.8, 4) is 0 Å². The lowest BCUT2D eigenvalue weighted by Crippen LogP contribution is -2.41. The van der Waals surface area contributed by atoms with E-state index in [1.54, 1.807) is 0 Å². The Kier molecular flexibility index (Phi) is 4.77. The molecule has 3 N–H and O–H groups in total. The van der Waals surface area contributed by atoms with Crippen LogP contribution in [-0.2, 0) is 0 Å². The average Bonchev–Trinajstić information content (AvgIpc) is 2.13. The second kappa shape index (κ2) is 5.07. The first kappa shape index (κ1) is 12.2. The number of nitrogens with zero attached hydrogens (tertiary/aromatic N) is 2. The zero-order chi connectivity index (χ0) is 10.5. The molecule has 0 amide bonds. The van der Waals surface area contributed by atoms with Crippen LogP contribution in [-0.4, -0.2) is 35.1 Å². The van der Waals surface area contributed by atoms with E-state index in [1.165, 1.54) is 0 Å². The van der Waals surface area contributed by atoms with Gasteiger partial charge in [0.1, 0.15) is 5.84 Å². The third-order valence-corrected chi connectivity index (χ3v) is 2.73. The van der Waals surface area contributed by atoms with Gasteiger partial charge in [-0.25, -0.2) is 0 Å². The average molecular weight is 187 g/mol. The van der Waals surface area contributed by atoms with Crippen molar-refractivity contribution in [3.63, 3.8) is 0 Å². The van der Waals surface area contributed by atoms with Crippen LogP contribution in [0.3, 0.4) is 0 Å². The smallest absolute Gasteiger partial charge is 0.140 e. The summed E-state index contributed by atoms with van der Waals surface area (Å²) < 4.78 is 0. The highest BCUT2D eigenvalue weighted by Gasteiger charge is 2.20. The van der Waals surface area contributed by atoms with E-state index in [-0.39, 0.29) is 5.54 Å². The van der Waals surface area contributed by atoms with Crippen molar-refractivity contribution in [2.75, 3.05) is 13.6 Å². The summed E-state index contributed by atoms with van der Waals surface area (Å²) in [4.78, 5) is 2.21. The van der Waals surface area contributed by atoms with Crippen LogP contribution < -0.4 is 5.73 Å². The molecule has 0 aromatic rings. The Morgan fingerprint density at radius 1 is 1.54 bits per heavy atom. The van der Waals surface area contributed by atoms with Gasteiger partial charge in [-0.05, 0) is 27.3 Å². The van der Waals surface area contributed by atoms with E-state index in [0.29, 0.717) is 12.3 Å². The summed E-state index contributed by atoms with van der Waals surface area (Å²) in [5, 5.41) is 11.3. The van der Waals surface area contributed by atoms with E-state index in [4.69, 9.17) is 10.9 Å². The molecule has 0 spiro atoms. The number of hydrogen-bond donors (Lipinski definition) is 2. The predicted octanol–water partition coefficient (Wildman–Crippen LogP) is 1.24. The normalized spacial score (nSPS) is 13.8. The molecule has 0 aliphatic carbocycles. The molecule has 0 saturated heterocycles. The van der Waals surface area contributed by atoms with Crippen molar-refractivity contribution in [1.29, 1.82) is 0 Å². The Bertz CT molecular complexity index is 178. The van der Waals surface area contributed by atoms with Crippen molar-refractivity contribution in [3.05, 3.63) is 0 Å². The van der Waals surface area contributed by atoms with Crippen LogP contribution in [0.5, 0.6) is 0 Å². The van der Waals surface area contributed by atoms with Gasteiger partial charge in [0.05, 0.1) is 0 Å². The molecule has 0 bridgehead atoms. The van der Waals surface area contributed by atoms with E-state index in [0.717, 1.165) is 13.0 Å². The van der Waals surface area contributed by atoms with Gasteiger partial charge in [0, 0.05) is 18.5 Å². The van der Waals surface area contributed by atoms with E-state index >= 15 is 0 Å². The van der Waals surface area contributed by atoms with Crippen molar-refractivity contribution in [2.24, 2.45) is 10.9 Å². The van der Waals surface area contributed by atoms with E-state index in [2.05, 4.69) is 30.8 Å². The van der Waals surface area contributed by atoms with Crippen molar-refractivity contribution >= 4 is 5.84 Å². The third kappa shape index (κ3) is 4.12. The molecule has 0 aliphatic heterocycles. The highest BCUT2D eigenvalue weighted by atomic mass is 16.4.